The quantitative estimate of drug-likeness (QED) is 0.651. The molecule has 0 radical (unpaired) electrons. The van der Waals surface area contributed by atoms with Crippen LogP contribution in [0, 0.1) is 6.92 Å². The number of hydrogen-bond donors (Lipinski definition) is 2. The van der Waals surface area contributed by atoms with Crippen LogP contribution in [0.3, 0.4) is 0 Å². The first-order chi connectivity index (χ1) is 11.1. The van der Waals surface area contributed by atoms with Gasteiger partial charge in [0.05, 0.1) is 17.8 Å². The van der Waals surface area contributed by atoms with Gasteiger partial charge in [-0.15, -0.1) is 0 Å². The van der Waals surface area contributed by atoms with Crippen LogP contribution >= 0.6 is 0 Å². The van der Waals surface area contributed by atoms with Gasteiger partial charge in [0.2, 0.25) is 0 Å². The molecule has 0 bridgehead atoms. The van der Waals surface area contributed by atoms with E-state index in [-0.39, 0.29) is 12.5 Å². The fraction of sp³-hybridized carbons (Fsp3) is 0.176. The first-order valence-electron chi connectivity index (χ1n) is 7.14. The highest BCUT2D eigenvalue weighted by Gasteiger charge is 2.07. The van der Waals surface area contributed by atoms with Gasteiger partial charge in [-0.05, 0) is 31.5 Å². The molecule has 6 nitrogen and oxygen atoms in total. The Morgan fingerprint density at radius 2 is 1.87 bits per heavy atom. The Morgan fingerprint density at radius 3 is 2.52 bits per heavy atom. The third-order valence-corrected chi connectivity index (χ3v) is 3.15. The SMILES string of the molecule is CC(=NNC(=O)CNC(=O)c1cccnc1)c1ccc(C)cc1. The zero-order valence-corrected chi connectivity index (χ0v) is 13.0. The van der Waals surface area contributed by atoms with Crippen molar-refractivity contribution in [1.82, 2.24) is 15.7 Å². The summed E-state index contributed by atoms with van der Waals surface area (Å²) in [4.78, 5) is 27.3. The van der Waals surface area contributed by atoms with Crippen LogP contribution in [0.2, 0.25) is 0 Å². The van der Waals surface area contributed by atoms with Gasteiger partial charge in [-0.1, -0.05) is 29.8 Å². The number of nitrogens with zero attached hydrogens (tertiary/aromatic N) is 2. The van der Waals surface area contributed by atoms with Gasteiger partial charge in [0, 0.05) is 12.4 Å². The number of aromatic nitrogens is 1. The average molecular weight is 310 g/mol. The lowest BCUT2D eigenvalue weighted by Gasteiger charge is -2.05. The molecule has 6 heteroatoms. The molecule has 0 saturated carbocycles. The molecule has 1 aromatic carbocycles. The van der Waals surface area contributed by atoms with Gasteiger partial charge >= 0.3 is 0 Å². The maximum Gasteiger partial charge on any atom is 0.259 e. The van der Waals surface area contributed by atoms with E-state index in [1.165, 1.54) is 6.20 Å². The molecule has 2 rings (SSSR count). The fourth-order valence-electron chi connectivity index (χ4n) is 1.80. The van der Waals surface area contributed by atoms with Gasteiger partial charge in [0.15, 0.2) is 0 Å². The molecule has 0 unspecified atom stereocenters. The maximum absolute atomic E-state index is 11.8. The van der Waals surface area contributed by atoms with Crippen LogP contribution in [0.5, 0.6) is 0 Å². The predicted molar refractivity (Wildman–Crippen MR) is 88.1 cm³/mol. The lowest BCUT2D eigenvalue weighted by Crippen LogP contribution is -2.35. The van der Waals surface area contributed by atoms with Crippen molar-refractivity contribution in [2.45, 2.75) is 13.8 Å². The summed E-state index contributed by atoms with van der Waals surface area (Å²) < 4.78 is 0. The molecule has 0 aliphatic heterocycles. The van der Waals surface area contributed by atoms with Crippen molar-refractivity contribution in [2.24, 2.45) is 5.10 Å². The summed E-state index contributed by atoms with van der Waals surface area (Å²) in [6.07, 6.45) is 3.01. The van der Waals surface area contributed by atoms with E-state index in [0.29, 0.717) is 11.3 Å². The summed E-state index contributed by atoms with van der Waals surface area (Å²) in [7, 11) is 0. The van der Waals surface area contributed by atoms with Crippen molar-refractivity contribution in [3.05, 3.63) is 65.5 Å². The Kier molecular flexibility index (Phi) is 5.57. The molecule has 0 atom stereocenters. The summed E-state index contributed by atoms with van der Waals surface area (Å²) in [6.45, 7) is 3.65. The monoisotopic (exact) mass is 310 g/mol. The number of hydrogen-bond acceptors (Lipinski definition) is 4. The molecule has 0 saturated heterocycles. The summed E-state index contributed by atoms with van der Waals surface area (Å²) >= 11 is 0. The molecule has 23 heavy (non-hydrogen) atoms. The van der Waals surface area contributed by atoms with Crippen LogP contribution in [0.4, 0.5) is 0 Å². The number of aryl methyl sites for hydroxylation is 1. The van der Waals surface area contributed by atoms with E-state index in [4.69, 9.17) is 0 Å². The number of carbonyl (C=O) groups excluding carboxylic acids is 2. The van der Waals surface area contributed by atoms with Crippen molar-refractivity contribution < 1.29 is 9.59 Å². The molecule has 0 aliphatic rings. The minimum absolute atomic E-state index is 0.154. The minimum atomic E-state index is -0.395. The van der Waals surface area contributed by atoms with E-state index in [0.717, 1.165) is 11.1 Å². The van der Waals surface area contributed by atoms with Crippen LogP contribution in [0.15, 0.2) is 53.9 Å². The van der Waals surface area contributed by atoms with Gasteiger partial charge in [0.1, 0.15) is 0 Å². The summed E-state index contributed by atoms with van der Waals surface area (Å²) in [5.41, 5.74) is 5.60. The molecule has 2 aromatic rings. The molecule has 2 N–H and O–H groups in total. The topological polar surface area (TPSA) is 83.5 Å². The number of benzene rings is 1. The number of amides is 2. The van der Waals surface area contributed by atoms with Crippen LogP contribution in [0.1, 0.15) is 28.4 Å². The van der Waals surface area contributed by atoms with Crippen LogP contribution in [0.25, 0.3) is 0 Å². The number of hydrazone groups is 1. The Labute approximate surface area is 134 Å². The molecule has 0 aliphatic carbocycles. The first kappa shape index (κ1) is 16.4. The first-order valence-corrected chi connectivity index (χ1v) is 7.14. The van der Waals surface area contributed by atoms with Crippen molar-refractivity contribution in [3.63, 3.8) is 0 Å². The summed E-state index contributed by atoms with van der Waals surface area (Å²) in [5, 5.41) is 6.54. The molecule has 1 aromatic heterocycles. The van der Waals surface area contributed by atoms with Crippen LogP contribution in [-0.2, 0) is 4.79 Å². The van der Waals surface area contributed by atoms with Gasteiger partial charge in [-0.25, -0.2) is 5.43 Å². The van der Waals surface area contributed by atoms with Gasteiger partial charge in [-0.3, -0.25) is 14.6 Å². The van der Waals surface area contributed by atoms with E-state index >= 15 is 0 Å². The molecule has 0 fully saturated rings. The minimum Gasteiger partial charge on any atom is -0.343 e. The third kappa shape index (κ3) is 5.03. The van der Waals surface area contributed by atoms with Crippen molar-refractivity contribution in [3.8, 4) is 0 Å². The average Bonchev–Trinajstić information content (AvgIpc) is 2.59. The molecular weight excluding hydrogens is 292 g/mol. The van der Waals surface area contributed by atoms with E-state index in [2.05, 4.69) is 20.8 Å². The van der Waals surface area contributed by atoms with Gasteiger partial charge in [0.25, 0.3) is 11.8 Å². The largest absolute Gasteiger partial charge is 0.343 e. The fourth-order valence-corrected chi connectivity index (χ4v) is 1.80. The Morgan fingerprint density at radius 1 is 1.13 bits per heavy atom. The van der Waals surface area contributed by atoms with Crippen LogP contribution in [-0.4, -0.2) is 29.1 Å². The third-order valence-electron chi connectivity index (χ3n) is 3.15. The highest BCUT2D eigenvalue weighted by atomic mass is 16.2. The molecule has 118 valence electrons. The molecule has 1 heterocycles. The summed E-state index contributed by atoms with van der Waals surface area (Å²) in [5.74, 6) is -0.749. The number of carbonyl (C=O) groups is 2. The van der Waals surface area contributed by atoms with Crippen molar-refractivity contribution in [1.29, 1.82) is 0 Å². The number of nitrogens with one attached hydrogen (secondary N) is 2. The van der Waals surface area contributed by atoms with E-state index in [1.54, 1.807) is 25.3 Å². The molecular formula is C17H18N4O2. The highest BCUT2D eigenvalue weighted by molar-refractivity contribution is 5.99. The zero-order chi connectivity index (χ0) is 16.7. The second-order valence-electron chi connectivity index (χ2n) is 5.02. The Balaban J connectivity index is 1.84. The molecule has 2 amide bonds. The highest BCUT2D eigenvalue weighted by Crippen LogP contribution is 2.04. The smallest absolute Gasteiger partial charge is 0.259 e. The van der Waals surface area contributed by atoms with Crippen molar-refractivity contribution >= 4 is 17.5 Å². The van der Waals surface area contributed by atoms with Gasteiger partial charge in [-0.2, -0.15) is 5.10 Å². The normalized spacial score (nSPS) is 11.0. The standard InChI is InChI=1S/C17H18N4O2/c1-12-5-7-14(8-6-12)13(2)20-21-16(22)11-19-17(23)15-4-3-9-18-10-15/h3-10H,11H2,1-2H3,(H,19,23)(H,21,22). The maximum atomic E-state index is 11.8. The van der Waals surface area contributed by atoms with Gasteiger partial charge < -0.3 is 5.32 Å². The second kappa shape index (κ2) is 7.84. The number of pyridine rings is 1. The summed E-state index contributed by atoms with van der Waals surface area (Å²) in [6, 6.07) is 11.1. The second-order valence-corrected chi connectivity index (χ2v) is 5.02. The van der Waals surface area contributed by atoms with Crippen LogP contribution < -0.4 is 10.7 Å². The number of rotatable bonds is 5. The molecule has 0 spiro atoms. The lowest BCUT2D eigenvalue weighted by atomic mass is 10.1. The van der Waals surface area contributed by atoms with E-state index in [9.17, 15) is 9.59 Å². The Bertz CT molecular complexity index is 709. The Hall–Kier alpha value is -3.02. The predicted octanol–water partition coefficient (Wildman–Crippen LogP) is 1.66. The van der Waals surface area contributed by atoms with E-state index in [1.807, 2.05) is 31.2 Å². The lowest BCUT2D eigenvalue weighted by molar-refractivity contribution is -0.120. The van der Waals surface area contributed by atoms with Crippen molar-refractivity contribution in [2.75, 3.05) is 6.54 Å². The zero-order valence-electron chi connectivity index (χ0n) is 13.0. The van der Waals surface area contributed by atoms with E-state index < -0.39 is 5.91 Å².